The van der Waals surface area contributed by atoms with Gasteiger partial charge in [0.2, 0.25) is 0 Å². The van der Waals surface area contributed by atoms with Crippen molar-refractivity contribution in [1.29, 1.82) is 0 Å². The number of aliphatic hydroxyl groups is 2. The molecule has 6 nitrogen and oxygen atoms in total. The normalized spacial score (nSPS) is 46.6. The molecule has 3 N–H and O–H groups in total. The van der Waals surface area contributed by atoms with Crippen LogP contribution in [0.15, 0.2) is 12.7 Å². The van der Waals surface area contributed by atoms with Crippen molar-refractivity contribution in [1.82, 2.24) is 5.32 Å². The minimum atomic E-state index is -0.642. The van der Waals surface area contributed by atoms with Gasteiger partial charge in [0.1, 0.15) is 11.9 Å². The first-order valence-corrected chi connectivity index (χ1v) is 15.5. The average molecular weight is 536 g/mol. The maximum Gasteiger partial charge on any atom is 0.316 e. The second-order valence-electron chi connectivity index (χ2n) is 13.3. The Morgan fingerprint density at radius 2 is 2.00 bits per heavy atom. The van der Waals surface area contributed by atoms with Gasteiger partial charge in [-0.3, -0.25) is 9.59 Å². The van der Waals surface area contributed by atoms with Gasteiger partial charge in [0.25, 0.3) is 0 Å². The van der Waals surface area contributed by atoms with Crippen LogP contribution in [-0.2, 0) is 14.3 Å². The molecular formula is C30H49NO5S. The third-order valence-electron chi connectivity index (χ3n) is 11.1. The number of hydrogen-bond acceptors (Lipinski definition) is 7. The van der Waals surface area contributed by atoms with Crippen molar-refractivity contribution in [2.45, 2.75) is 116 Å². The lowest BCUT2D eigenvalue weighted by Crippen LogP contribution is -2.63. The van der Waals surface area contributed by atoms with Crippen LogP contribution in [-0.4, -0.2) is 63.9 Å². The van der Waals surface area contributed by atoms with Crippen molar-refractivity contribution in [2.75, 3.05) is 12.3 Å². The van der Waals surface area contributed by atoms with Crippen molar-refractivity contribution in [3.8, 4) is 0 Å². The van der Waals surface area contributed by atoms with Gasteiger partial charge >= 0.3 is 5.97 Å². The minimum absolute atomic E-state index is 0.0243. The van der Waals surface area contributed by atoms with Crippen molar-refractivity contribution in [3.05, 3.63) is 12.7 Å². The largest absolute Gasteiger partial charge is 0.461 e. The zero-order chi connectivity index (χ0) is 27.2. The molecule has 0 spiro atoms. The summed E-state index contributed by atoms with van der Waals surface area (Å²) in [7, 11) is 0. The number of ether oxygens (including phenoxy) is 1. The maximum absolute atomic E-state index is 13.5. The van der Waals surface area contributed by atoms with Gasteiger partial charge in [-0.2, -0.15) is 0 Å². The van der Waals surface area contributed by atoms with Crippen LogP contribution in [0.1, 0.15) is 86.0 Å². The summed E-state index contributed by atoms with van der Waals surface area (Å²) >= 11 is 1.66. The summed E-state index contributed by atoms with van der Waals surface area (Å²) in [5.41, 5.74) is -1.32. The summed E-state index contributed by atoms with van der Waals surface area (Å²) < 4.78 is 6.37. The summed E-state index contributed by atoms with van der Waals surface area (Å²) in [4.78, 5) is 26.8. The maximum atomic E-state index is 13.5. The van der Waals surface area contributed by atoms with Gasteiger partial charge in [0.15, 0.2) is 0 Å². The van der Waals surface area contributed by atoms with Gasteiger partial charge in [-0.15, -0.1) is 18.3 Å². The number of carbonyl (C=O) groups excluding carboxylic acids is 2. The second-order valence-corrected chi connectivity index (χ2v) is 14.6. The van der Waals surface area contributed by atoms with Crippen LogP contribution in [0.4, 0.5) is 0 Å². The summed E-state index contributed by atoms with van der Waals surface area (Å²) in [5.74, 6) is 0.382. The highest BCUT2D eigenvalue weighted by atomic mass is 32.2. The number of rotatable bonds is 8. The van der Waals surface area contributed by atoms with Gasteiger partial charge in [-0.25, -0.2) is 0 Å². The number of nitrogens with one attached hydrogen (secondary N) is 1. The van der Waals surface area contributed by atoms with E-state index in [-0.39, 0.29) is 41.0 Å². The van der Waals surface area contributed by atoms with E-state index in [2.05, 4.69) is 32.7 Å². The molecule has 37 heavy (non-hydrogen) atoms. The molecule has 0 aromatic carbocycles. The molecule has 0 radical (unpaired) electrons. The van der Waals surface area contributed by atoms with E-state index in [4.69, 9.17) is 4.74 Å². The highest BCUT2D eigenvalue weighted by Crippen LogP contribution is 2.68. The Labute approximate surface area is 227 Å². The van der Waals surface area contributed by atoms with E-state index in [1.54, 1.807) is 18.7 Å². The summed E-state index contributed by atoms with van der Waals surface area (Å²) in [6.45, 7) is 15.0. The monoisotopic (exact) mass is 535 g/mol. The zero-order valence-corrected chi connectivity index (χ0v) is 24.3. The molecule has 0 saturated heterocycles. The van der Waals surface area contributed by atoms with Gasteiger partial charge in [0, 0.05) is 41.0 Å². The van der Waals surface area contributed by atoms with Crippen LogP contribution in [0.2, 0.25) is 0 Å². The zero-order valence-electron chi connectivity index (χ0n) is 23.5. The molecule has 2 bridgehead atoms. The number of Topliss-reactive ketones (excluding diaryl/α,β-unsaturated/α-hetero) is 1. The Kier molecular flexibility index (Phi) is 8.60. The first-order chi connectivity index (χ1) is 17.4. The second kappa shape index (κ2) is 10.9. The molecule has 0 aromatic heterocycles. The molecule has 0 aromatic rings. The predicted octanol–water partition coefficient (Wildman–Crippen LogP) is 4.52. The molecule has 0 amide bonds. The Morgan fingerprint density at radius 1 is 1.27 bits per heavy atom. The number of ketones is 1. The summed E-state index contributed by atoms with van der Waals surface area (Å²) in [6.07, 6.45) is 7.25. The molecule has 11 atom stereocenters. The number of thioether (sulfide) groups is 1. The van der Waals surface area contributed by atoms with Crippen LogP contribution in [0.5, 0.6) is 0 Å². The minimum Gasteiger partial charge on any atom is -0.461 e. The lowest BCUT2D eigenvalue weighted by atomic mass is 9.44. The number of hydrogen-bond donors (Lipinski definition) is 3. The molecule has 4 aliphatic rings. The van der Waals surface area contributed by atoms with Gasteiger partial charge < -0.3 is 20.3 Å². The van der Waals surface area contributed by atoms with Gasteiger partial charge in [-0.1, -0.05) is 33.8 Å². The Balaban J connectivity index is 1.52. The fraction of sp³-hybridized carbons (Fsp3) is 0.867. The topological polar surface area (TPSA) is 95.9 Å². The van der Waals surface area contributed by atoms with Gasteiger partial charge in [0.05, 0.1) is 18.0 Å². The van der Waals surface area contributed by atoms with Crippen molar-refractivity contribution >= 4 is 23.5 Å². The Bertz CT molecular complexity index is 880. The smallest absolute Gasteiger partial charge is 0.316 e. The summed E-state index contributed by atoms with van der Waals surface area (Å²) in [5, 5.41) is 25.0. The molecule has 4 saturated carbocycles. The molecule has 0 aliphatic heterocycles. The molecule has 210 valence electrons. The third-order valence-corrected chi connectivity index (χ3v) is 12.4. The summed E-state index contributed by atoms with van der Waals surface area (Å²) in [6, 6.07) is 0.383. The van der Waals surface area contributed by atoms with E-state index in [0.717, 1.165) is 38.5 Å². The molecular weight excluding hydrogens is 486 g/mol. The SMILES string of the molecule is C=C[C@]1(C)C[C@@H](OC(=O)CSC2CCC(NCC(C)O)C2)[C@]2(C)[C@H](C)CCC3(CCC(=O)[C@H]32)[C@@H](C)[C@@H]1O. The molecule has 4 unspecified atom stereocenters. The molecule has 0 heterocycles. The predicted molar refractivity (Wildman–Crippen MR) is 148 cm³/mol. The number of esters is 1. The third kappa shape index (κ3) is 5.19. The van der Waals surface area contributed by atoms with E-state index in [0.29, 0.717) is 36.4 Å². The first kappa shape index (κ1) is 29.1. The molecule has 4 fully saturated rings. The Morgan fingerprint density at radius 3 is 2.68 bits per heavy atom. The lowest BCUT2D eigenvalue weighted by Gasteiger charge is -2.61. The van der Waals surface area contributed by atoms with Crippen LogP contribution >= 0.6 is 11.8 Å². The highest BCUT2D eigenvalue weighted by molar-refractivity contribution is 8.00. The van der Waals surface area contributed by atoms with Crippen LogP contribution in [0, 0.1) is 34.0 Å². The van der Waals surface area contributed by atoms with E-state index in [1.807, 2.05) is 13.0 Å². The van der Waals surface area contributed by atoms with Crippen molar-refractivity contribution < 1.29 is 24.5 Å². The van der Waals surface area contributed by atoms with Crippen LogP contribution < -0.4 is 5.32 Å². The molecule has 4 rings (SSSR count). The quantitative estimate of drug-likeness (QED) is 0.311. The van der Waals surface area contributed by atoms with Gasteiger partial charge in [-0.05, 0) is 69.1 Å². The van der Waals surface area contributed by atoms with Crippen molar-refractivity contribution in [2.24, 2.45) is 34.0 Å². The average Bonchev–Trinajstić information content (AvgIpc) is 3.47. The highest BCUT2D eigenvalue weighted by Gasteiger charge is 2.68. The molecule has 7 heteroatoms. The first-order valence-electron chi connectivity index (χ1n) is 14.4. The standard InChI is InChI=1S/C30H49NO5S/c1-7-28(5)15-24(36-25(34)17-37-22-9-8-21(14-22)31-16-19(3)32)29(6)18(2)10-12-30(20(4)27(28)35)13-11-23(33)26(29)30/h7,18-22,24,26-27,31-32,35H,1,8-17H2,2-6H3/t18-,19?,20+,21?,22?,24-,26+,27+,28-,29+,30?/m1/s1. The van der Waals surface area contributed by atoms with Crippen molar-refractivity contribution in [3.63, 3.8) is 0 Å². The van der Waals surface area contributed by atoms with Crippen LogP contribution in [0.3, 0.4) is 0 Å². The number of carbonyl (C=O) groups is 2. The molecule has 4 aliphatic carbocycles. The van der Waals surface area contributed by atoms with E-state index >= 15 is 0 Å². The van der Waals surface area contributed by atoms with E-state index in [9.17, 15) is 19.8 Å². The fourth-order valence-corrected chi connectivity index (χ4v) is 9.61. The Hall–Kier alpha value is -0.890. The fourth-order valence-electron chi connectivity index (χ4n) is 8.49. The van der Waals surface area contributed by atoms with E-state index < -0.39 is 23.0 Å². The lowest BCUT2D eigenvalue weighted by molar-refractivity contribution is -0.205. The van der Waals surface area contributed by atoms with Crippen LogP contribution in [0.25, 0.3) is 0 Å². The van der Waals surface area contributed by atoms with E-state index in [1.165, 1.54) is 0 Å². The number of aliphatic hydroxyl groups excluding tert-OH is 2.